The second kappa shape index (κ2) is 5.12. The van der Waals surface area contributed by atoms with Gasteiger partial charge in [-0.15, -0.1) is 0 Å². The van der Waals surface area contributed by atoms with Gasteiger partial charge in [0.15, 0.2) is 0 Å². The first-order chi connectivity index (χ1) is 11.2. The molecule has 0 aromatic carbocycles. The van der Waals surface area contributed by atoms with Crippen LogP contribution in [0.15, 0.2) is 11.6 Å². The highest BCUT2D eigenvalue weighted by molar-refractivity contribution is 5.34. The van der Waals surface area contributed by atoms with E-state index in [0.29, 0.717) is 5.41 Å². The smallest absolute Gasteiger partial charge is 0.00797 e. The number of hydrogen-bond donors (Lipinski definition) is 0. The fourth-order valence-electron chi connectivity index (χ4n) is 8.63. The summed E-state index contributed by atoms with van der Waals surface area (Å²) in [5, 5.41) is 0. The fraction of sp³-hybridized carbons (Fsp3) is 0.913. The summed E-state index contributed by atoms with van der Waals surface area (Å²) in [6.07, 6.45) is 16.5. The van der Waals surface area contributed by atoms with E-state index in [4.69, 9.17) is 0 Å². The molecule has 0 bridgehead atoms. The van der Waals surface area contributed by atoms with Gasteiger partial charge >= 0.3 is 0 Å². The SMILES string of the molecule is C/C=C1/[C@H]2CC2C2C3CCC4CC(CC)CCC4C3CC[C@]12C. The first-order valence-corrected chi connectivity index (χ1v) is 10.8. The van der Waals surface area contributed by atoms with Crippen LogP contribution in [0.5, 0.6) is 0 Å². The van der Waals surface area contributed by atoms with Gasteiger partial charge in [0.1, 0.15) is 0 Å². The molecule has 0 amide bonds. The van der Waals surface area contributed by atoms with Crippen molar-refractivity contribution in [2.24, 2.45) is 52.8 Å². The van der Waals surface area contributed by atoms with Crippen molar-refractivity contribution in [3.8, 4) is 0 Å². The Hall–Kier alpha value is -0.260. The first kappa shape index (κ1) is 15.0. The number of fused-ring (bicyclic) bond motifs is 7. The Balaban J connectivity index is 1.41. The van der Waals surface area contributed by atoms with Crippen molar-refractivity contribution in [3.63, 3.8) is 0 Å². The first-order valence-electron chi connectivity index (χ1n) is 10.8. The molecule has 128 valence electrons. The molecule has 0 nitrogen and oxygen atoms in total. The molecule has 5 saturated carbocycles. The standard InChI is InChI=1S/C23H36/c1-4-14-6-8-16-15(12-14)7-9-18-17(16)10-11-23(3)21(5-2)19-13-20(19)22(18)23/h5,14-20,22H,4,6-13H2,1-3H3/b21-5-/t14?,15?,16?,17?,18?,19-,20?,22?,23+/m0/s1. The molecular weight excluding hydrogens is 276 g/mol. The Morgan fingerprint density at radius 1 is 0.957 bits per heavy atom. The molecule has 0 radical (unpaired) electrons. The van der Waals surface area contributed by atoms with Gasteiger partial charge in [0, 0.05) is 0 Å². The van der Waals surface area contributed by atoms with Crippen LogP contribution in [-0.4, -0.2) is 0 Å². The zero-order chi connectivity index (χ0) is 15.8. The third-order valence-electron chi connectivity index (χ3n) is 9.56. The van der Waals surface area contributed by atoms with Crippen LogP contribution in [0, 0.1) is 52.8 Å². The Bertz CT molecular complexity index is 516. The van der Waals surface area contributed by atoms with Crippen molar-refractivity contribution in [1.82, 2.24) is 0 Å². The average molecular weight is 313 g/mol. The Kier molecular flexibility index (Phi) is 3.35. The molecule has 7 unspecified atom stereocenters. The van der Waals surface area contributed by atoms with Crippen LogP contribution in [0.3, 0.4) is 0 Å². The molecule has 5 aliphatic carbocycles. The zero-order valence-corrected chi connectivity index (χ0v) is 15.6. The van der Waals surface area contributed by atoms with E-state index in [9.17, 15) is 0 Å². The van der Waals surface area contributed by atoms with Crippen molar-refractivity contribution >= 4 is 0 Å². The molecule has 5 aliphatic rings. The van der Waals surface area contributed by atoms with Crippen LogP contribution in [-0.2, 0) is 0 Å². The predicted molar refractivity (Wildman–Crippen MR) is 97.0 cm³/mol. The van der Waals surface area contributed by atoms with Crippen molar-refractivity contribution < 1.29 is 0 Å². The summed E-state index contributed by atoms with van der Waals surface area (Å²) in [6, 6.07) is 0. The molecule has 5 rings (SSSR count). The van der Waals surface area contributed by atoms with Crippen molar-refractivity contribution in [2.75, 3.05) is 0 Å². The lowest BCUT2D eigenvalue weighted by Gasteiger charge is -2.56. The quantitative estimate of drug-likeness (QED) is 0.487. The summed E-state index contributed by atoms with van der Waals surface area (Å²) in [4.78, 5) is 0. The normalized spacial score (nSPS) is 59.0. The molecule has 0 spiro atoms. The van der Waals surface area contributed by atoms with Crippen molar-refractivity contribution in [3.05, 3.63) is 11.6 Å². The van der Waals surface area contributed by atoms with Gasteiger partial charge in [-0.05, 0) is 105 Å². The van der Waals surface area contributed by atoms with E-state index >= 15 is 0 Å². The van der Waals surface area contributed by atoms with Crippen LogP contribution < -0.4 is 0 Å². The minimum atomic E-state index is 0.608. The van der Waals surface area contributed by atoms with Crippen LogP contribution in [0.1, 0.15) is 78.6 Å². The predicted octanol–water partition coefficient (Wildman–Crippen LogP) is 6.47. The number of allylic oxidation sites excluding steroid dienone is 2. The van der Waals surface area contributed by atoms with Crippen LogP contribution in [0.2, 0.25) is 0 Å². The lowest BCUT2D eigenvalue weighted by Crippen LogP contribution is -2.48. The van der Waals surface area contributed by atoms with E-state index in [1.165, 1.54) is 12.8 Å². The molecule has 23 heavy (non-hydrogen) atoms. The average Bonchev–Trinajstić information content (AvgIpc) is 3.28. The third-order valence-corrected chi connectivity index (χ3v) is 9.56. The minimum Gasteiger partial charge on any atom is -0.0876 e. The number of hydrogen-bond acceptors (Lipinski definition) is 0. The van der Waals surface area contributed by atoms with Gasteiger partial charge in [-0.1, -0.05) is 38.3 Å². The van der Waals surface area contributed by atoms with E-state index in [-0.39, 0.29) is 0 Å². The minimum absolute atomic E-state index is 0.608. The molecule has 0 saturated heterocycles. The van der Waals surface area contributed by atoms with Gasteiger partial charge in [0.25, 0.3) is 0 Å². The molecule has 5 fully saturated rings. The second-order valence-corrected chi connectivity index (χ2v) is 10.1. The van der Waals surface area contributed by atoms with E-state index in [1.807, 2.05) is 5.57 Å². The molecule has 0 heteroatoms. The van der Waals surface area contributed by atoms with Gasteiger partial charge in [0.2, 0.25) is 0 Å². The summed E-state index contributed by atoms with van der Waals surface area (Å²) in [7, 11) is 0. The number of rotatable bonds is 1. The van der Waals surface area contributed by atoms with E-state index < -0.39 is 0 Å². The third kappa shape index (κ3) is 1.96. The maximum absolute atomic E-state index is 2.66. The maximum atomic E-state index is 2.66. The summed E-state index contributed by atoms with van der Waals surface area (Å²) in [5.41, 5.74) is 2.50. The van der Waals surface area contributed by atoms with Crippen LogP contribution in [0.25, 0.3) is 0 Å². The lowest BCUT2D eigenvalue weighted by atomic mass is 9.49. The molecule has 0 aliphatic heterocycles. The maximum Gasteiger partial charge on any atom is -0.00797 e. The Labute approximate surface area is 143 Å². The van der Waals surface area contributed by atoms with E-state index in [1.54, 1.807) is 44.9 Å². The summed E-state index contributed by atoms with van der Waals surface area (Å²) >= 11 is 0. The molecule has 9 atom stereocenters. The summed E-state index contributed by atoms with van der Waals surface area (Å²) in [6.45, 7) is 7.41. The van der Waals surface area contributed by atoms with E-state index in [0.717, 1.165) is 47.3 Å². The largest absolute Gasteiger partial charge is 0.0876 e. The van der Waals surface area contributed by atoms with Gasteiger partial charge in [-0.2, -0.15) is 0 Å². The van der Waals surface area contributed by atoms with Crippen LogP contribution >= 0.6 is 0 Å². The molecule has 0 heterocycles. The molecule has 0 N–H and O–H groups in total. The highest BCUT2D eigenvalue weighted by Crippen LogP contribution is 2.74. The zero-order valence-electron chi connectivity index (χ0n) is 15.6. The Morgan fingerprint density at radius 3 is 2.57 bits per heavy atom. The lowest BCUT2D eigenvalue weighted by molar-refractivity contribution is -0.0568. The highest BCUT2D eigenvalue weighted by atomic mass is 14.7. The second-order valence-electron chi connectivity index (χ2n) is 10.1. The van der Waals surface area contributed by atoms with Gasteiger partial charge in [0.05, 0.1) is 0 Å². The summed E-state index contributed by atoms with van der Waals surface area (Å²) in [5.74, 6) is 8.69. The molecule has 0 aromatic heterocycles. The van der Waals surface area contributed by atoms with Crippen molar-refractivity contribution in [2.45, 2.75) is 78.6 Å². The Morgan fingerprint density at radius 2 is 1.78 bits per heavy atom. The molecule has 0 aromatic rings. The van der Waals surface area contributed by atoms with E-state index in [2.05, 4.69) is 26.8 Å². The monoisotopic (exact) mass is 312 g/mol. The molecular formula is C23H36. The van der Waals surface area contributed by atoms with Crippen molar-refractivity contribution in [1.29, 1.82) is 0 Å². The highest BCUT2D eigenvalue weighted by Gasteiger charge is 2.66. The van der Waals surface area contributed by atoms with Gasteiger partial charge in [-0.3, -0.25) is 0 Å². The van der Waals surface area contributed by atoms with Gasteiger partial charge in [-0.25, -0.2) is 0 Å². The van der Waals surface area contributed by atoms with Gasteiger partial charge < -0.3 is 0 Å². The van der Waals surface area contributed by atoms with Crippen LogP contribution in [0.4, 0.5) is 0 Å². The fourth-order valence-corrected chi connectivity index (χ4v) is 8.63. The summed E-state index contributed by atoms with van der Waals surface area (Å²) < 4.78 is 0. The topological polar surface area (TPSA) is 0 Å².